The van der Waals surface area contributed by atoms with Crippen LogP contribution in [0.4, 0.5) is 0 Å². The Balaban J connectivity index is 2.31. The number of carbonyl (C=O) groups excluding carboxylic acids is 1. The van der Waals surface area contributed by atoms with Crippen molar-refractivity contribution in [2.24, 2.45) is 0 Å². The summed E-state index contributed by atoms with van der Waals surface area (Å²) in [6, 6.07) is 5.39. The van der Waals surface area contributed by atoms with Crippen molar-refractivity contribution < 1.29 is 4.79 Å². The molecule has 0 saturated heterocycles. The van der Waals surface area contributed by atoms with Crippen molar-refractivity contribution in [3.8, 4) is 0 Å². The largest absolute Gasteiger partial charge is 0.295 e. The van der Waals surface area contributed by atoms with Gasteiger partial charge in [-0.15, -0.1) is 0 Å². The minimum Gasteiger partial charge on any atom is -0.295 e. The number of hydrogen-bond acceptors (Lipinski definition) is 1. The summed E-state index contributed by atoms with van der Waals surface area (Å²) in [5, 5.41) is 1.06. The fourth-order valence-electron chi connectivity index (χ4n) is 1.70. The lowest BCUT2D eigenvalue weighted by Crippen LogP contribution is -1.90. The summed E-state index contributed by atoms with van der Waals surface area (Å²) >= 11 is 11.7. The van der Waals surface area contributed by atoms with Crippen LogP contribution >= 0.6 is 23.2 Å². The van der Waals surface area contributed by atoms with E-state index in [4.69, 9.17) is 23.2 Å². The van der Waals surface area contributed by atoms with E-state index < -0.39 is 0 Å². The number of allylic oxidation sites excluding steroid dienone is 1. The third-order valence-corrected chi connectivity index (χ3v) is 3.23. The molecule has 1 saturated carbocycles. The summed E-state index contributed by atoms with van der Waals surface area (Å²) in [5.74, 6) is 0.251. The molecule has 0 bridgehead atoms. The van der Waals surface area contributed by atoms with Gasteiger partial charge in [-0.2, -0.15) is 0 Å². The summed E-state index contributed by atoms with van der Waals surface area (Å²) in [6.07, 6.45) is 4.41. The lowest BCUT2D eigenvalue weighted by molar-refractivity contribution is -0.114. The van der Waals surface area contributed by atoms with Crippen molar-refractivity contribution in [2.45, 2.75) is 19.3 Å². The van der Waals surface area contributed by atoms with Gasteiger partial charge >= 0.3 is 0 Å². The molecule has 15 heavy (non-hydrogen) atoms. The van der Waals surface area contributed by atoms with E-state index in [1.807, 2.05) is 12.1 Å². The highest BCUT2D eigenvalue weighted by molar-refractivity contribution is 6.42. The number of benzene rings is 1. The minimum atomic E-state index is 0.251. The Morgan fingerprint density at radius 3 is 2.53 bits per heavy atom. The highest BCUT2D eigenvalue weighted by Crippen LogP contribution is 2.26. The van der Waals surface area contributed by atoms with Crippen LogP contribution in [0.15, 0.2) is 23.8 Å². The second kappa shape index (κ2) is 4.38. The summed E-state index contributed by atoms with van der Waals surface area (Å²) < 4.78 is 0. The van der Waals surface area contributed by atoms with Crippen LogP contribution in [0.2, 0.25) is 10.0 Å². The minimum absolute atomic E-state index is 0.251. The normalized spacial score (nSPS) is 18.8. The fourth-order valence-corrected chi connectivity index (χ4v) is 2.00. The number of rotatable bonds is 1. The van der Waals surface area contributed by atoms with Crippen molar-refractivity contribution in [3.05, 3.63) is 39.4 Å². The summed E-state index contributed by atoms with van der Waals surface area (Å²) in [6.45, 7) is 0. The zero-order valence-electron chi connectivity index (χ0n) is 8.09. The van der Waals surface area contributed by atoms with Crippen molar-refractivity contribution >= 4 is 35.1 Å². The molecule has 0 unspecified atom stereocenters. The third-order valence-electron chi connectivity index (χ3n) is 2.49. The van der Waals surface area contributed by atoms with E-state index in [0.29, 0.717) is 16.5 Å². The van der Waals surface area contributed by atoms with Gasteiger partial charge in [-0.25, -0.2) is 0 Å². The van der Waals surface area contributed by atoms with Gasteiger partial charge < -0.3 is 0 Å². The molecule has 0 spiro atoms. The average molecular weight is 241 g/mol. The SMILES string of the molecule is O=C1CCC/C1=C/c1ccc(Cl)c(Cl)c1. The van der Waals surface area contributed by atoms with E-state index >= 15 is 0 Å². The number of ketones is 1. The zero-order valence-corrected chi connectivity index (χ0v) is 9.61. The predicted molar refractivity (Wildman–Crippen MR) is 63.3 cm³/mol. The topological polar surface area (TPSA) is 17.1 Å². The van der Waals surface area contributed by atoms with Gasteiger partial charge in [-0.3, -0.25) is 4.79 Å². The number of carbonyl (C=O) groups is 1. The van der Waals surface area contributed by atoms with Gasteiger partial charge in [-0.1, -0.05) is 29.3 Å². The van der Waals surface area contributed by atoms with Crippen molar-refractivity contribution in [2.75, 3.05) is 0 Å². The highest BCUT2D eigenvalue weighted by atomic mass is 35.5. The van der Waals surface area contributed by atoms with E-state index in [1.54, 1.807) is 12.1 Å². The highest BCUT2D eigenvalue weighted by Gasteiger charge is 2.16. The lowest BCUT2D eigenvalue weighted by atomic mass is 10.1. The molecule has 78 valence electrons. The first-order chi connectivity index (χ1) is 7.16. The maximum atomic E-state index is 11.4. The molecule has 1 aliphatic carbocycles. The average Bonchev–Trinajstić information content (AvgIpc) is 2.59. The number of hydrogen-bond donors (Lipinski definition) is 0. The van der Waals surface area contributed by atoms with Crippen molar-refractivity contribution in [1.29, 1.82) is 0 Å². The van der Waals surface area contributed by atoms with Gasteiger partial charge in [0.25, 0.3) is 0 Å². The van der Waals surface area contributed by atoms with Crippen LogP contribution in [0.25, 0.3) is 6.08 Å². The van der Waals surface area contributed by atoms with Gasteiger partial charge in [-0.05, 0) is 42.2 Å². The Kier molecular flexibility index (Phi) is 3.13. The molecular weight excluding hydrogens is 231 g/mol. The summed E-state index contributed by atoms with van der Waals surface area (Å²) in [4.78, 5) is 11.4. The molecule has 0 heterocycles. The maximum absolute atomic E-state index is 11.4. The molecule has 2 rings (SSSR count). The van der Waals surface area contributed by atoms with Gasteiger partial charge in [0, 0.05) is 6.42 Å². The molecule has 0 aromatic heterocycles. The maximum Gasteiger partial charge on any atom is 0.158 e. The van der Waals surface area contributed by atoms with Gasteiger partial charge in [0.05, 0.1) is 10.0 Å². The second-order valence-electron chi connectivity index (χ2n) is 3.62. The molecule has 1 aromatic rings. The number of Topliss-reactive ketones (excluding diaryl/α,β-unsaturated/α-hetero) is 1. The first-order valence-electron chi connectivity index (χ1n) is 4.85. The standard InChI is InChI=1S/C12H10Cl2O/c13-10-5-4-8(7-11(10)14)6-9-2-1-3-12(9)15/h4-7H,1-3H2/b9-6-. The van der Waals surface area contributed by atoms with E-state index in [9.17, 15) is 4.79 Å². The fraction of sp³-hybridized carbons (Fsp3) is 0.250. The first kappa shape index (κ1) is 10.7. The predicted octanol–water partition coefficient (Wildman–Crippen LogP) is 4.13. The molecule has 1 nitrogen and oxygen atoms in total. The quantitative estimate of drug-likeness (QED) is 0.675. The van der Waals surface area contributed by atoms with Crippen molar-refractivity contribution in [3.63, 3.8) is 0 Å². The molecule has 3 heteroatoms. The molecule has 0 aliphatic heterocycles. The molecular formula is C12H10Cl2O. The summed E-state index contributed by atoms with van der Waals surface area (Å²) in [5.41, 5.74) is 1.84. The Bertz CT molecular complexity index is 435. The monoisotopic (exact) mass is 240 g/mol. The van der Waals surface area contributed by atoms with Crippen LogP contribution in [0.5, 0.6) is 0 Å². The summed E-state index contributed by atoms with van der Waals surface area (Å²) in [7, 11) is 0. The molecule has 0 amide bonds. The van der Waals surface area contributed by atoms with Gasteiger partial charge in [0.2, 0.25) is 0 Å². The molecule has 1 aliphatic rings. The molecule has 0 N–H and O–H groups in total. The Morgan fingerprint density at radius 1 is 1.13 bits per heavy atom. The van der Waals surface area contributed by atoms with Gasteiger partial charge in [0.1, 0.15) is 0 Å². The van der Waals surface area contributed by atoms with Crippen LogP contribution in [0.3, 0.4) is 0 Å². The van der Waals surface area contributed by atoms with E-state index in [2.05, 4.69) is 0 Å². The van der Waals surface area contributed by atoms with E-state index in [0.717, 1.165) is 24.0 Å². The molecule has 0 radical (unpaired) electrons. The molecule has 0 atom stereocenters. The Labute approximate surface area is 98.7 Å². The smallest absolute Gasteiger partial charge is 0.158 e. The molecule has 1 aromatic carbocycles. The Morgan fingerprint density at radius 2 is 1.93 bits per heavy atom. The van der Waals surface area contributed by atoms with Crippen LogP contribution in [-0.2, 0) is 4.79 Å². The van der Waals surface area contributed by atoms with Crippen LogP contribution in [0.1, 0.15) is 24.8 Å². The Hall–Kier alpha value is -0.790. The van der Waals surface area contributed by atoms with Crippen LogP contribution in [0, 0.1) is 0 Å². The van der Waals surface area contributed by atoms with E-state index in [1.165, 1.54) is 0 Å². The number of halogens is 2. The van der Waals surface area contributed by atoms with Crippen LogP contribution in [-0.4, -0.2) is 5.78 Å². The van der Waals surface area contributed by atoms with Crippen molar-refractivity contribution in [1.82, 2.24) is 0 Å². The second-order valence-corrected chi connectivity index (χ2v) is 4.43. The van der Waals surface area contributed by atoms with Gasteiger partial charge in [0.15, 0.2) is 5.78 Å². The van der Waals surface area contributed by atoms with E-state index in [-0.39, 0.29) is 5.78 Å². The first-order valence-corrected chi connectivity index (χ1v) is 5.61. The third kappa shape index (κ3) is 2.42. The van der Waals surface area contributed by atoms with Crippen LogP contribution < -0.4 is 0 Å². The lowest BCUT2D eigenvalue weighted by Gasteiger charge is -1.99. The molecule has 1 fully saturated rings. The zero-order chi connectivity index (χ0) is 10.8.